The van der Waals surface area contributed by atoms with E-state index in [0.717, 1.165) is 12.1 Å². The Hall–Kier alpha value is -3.76. The number of rotatable bonds is 4. The fourth-order valence-electron chi connectivity index (χ4n) is 3.06. The zero-order chi connectivity index (χ0) is 22.3. The number of nitrogens with zero attached hydrogens (tertiary/aromatic N) is 3. The highest BCUT2D eigenvalue weighted by Gasteiger charge is 2.30. The van der Waals surface area contributed by atoms with Gasteiger partial charge >= 0.3 is 6.18 Å². The lowest BCUT2D eigenvalue weighted by Crippen LogP contribution is -2.15. The number of fused-ring (bicyclic) bond motifs is 1. The summed E-state index contributed by atoms with van der Waals surface area (Å²) < 4.78 is 65.9. The maximum absolute atomic E-state index is 13.0. The second-order valence-corrected chi connectivity index (χ2v) is 6.74. The third kappa shape index (κ3) is 4.11. The highest BCUT2D eigenvalue weighted by Crippen LogP contribution is 2.31. The van der Waals surface area contributed by atoms with Gasteiger partial charge < -0.3 is 10.3 Å². The Morgan fingerprint density at radius 2 is 1.90 bits per heavy atom. The molecule has 2 aromatic heterocycles. The van der Waals surface area contributed by atoms with E-state index in [1.54, 1.807) is 6.92 Å². The second kappa shape index (κ2) is 7.49. The van der Waals surface area contributed by atoms with Gasteiger partial charge in [-0.2, -0.15) is 18.3 Å². The number of imidazole rings is 1. The minimum atomic E-state index is -4.53. The molecule has 0 radical (unpaired) electrons. The van der Waals surface area contributed by atoms with Crippen LogP contribution < -0.4 is 5.32 Å². The van der Waals surface area contributed by atoms with E-state index in [4.69, 9.17) is 0 Å². The lowest BCUT2D eigenvalue weighted by atomic mass is 10.2. The van der Waals surface area contributed by atoms with Gasteiger partial charge in [0.1, 0.15) is 5.82 Å². The highest BCUT2D eigenvalue weighted by molar-refractivity contribution is 6.05. The summed E-state index contributed by atoms with van der Waals surface area (Å²) in [5, 5.41) is 6.75. The smallest absolute Gasteiger partial charge is 0.337 e. The molecule has 160 valence electrons. The maximum Gasteiger partial charge on any atom is 0.416 e. The number of anilines is 1. The van der Waals surface area contributed by atoms with E-state index < -0.39 is 29.9 Å². The van der Waals surface area contributed by atoms with Crippen molar-refractivity contribution in [3.63, 3.8) is 0 Å². The number of carbonyl (C=O) groups is 1. The number of nitrogens with one attached hydrogen (secondary N) is 2. The molecule has 2 aromatic carbocycles. The van der Waals surface area contributed by atoms with Crippen LogP contribution in [-0.4, -0.2) is 25.7 Å². The number of benzene rings is 2. The first-order valence-electron chi connectivity index (χ1n) is 8.95. The SMILES string of the molecule is Cc1cc(NC(=O)c2ccc3nc(C(F)F)[nH]c3c2)n(-c2cccc(C(F)(F)F)c2)n1. The van der Waals surface area contributed by atoms with Gasteiger partial charge in [-0.3, -0.25) is 4.79 Å². The first-order valence-corrected chi connectivity index (χ1v) is 8.95. The molecule has 2 heterocycles. The number of alkyl halides is 5. The van der Waals surface area contributed by atoms with Crippen LogP contribution in [0.5, 0.6) is 0 Å². The molecule has 1 amide bonds. The number of halogens is 5. The van der Waals surface area contributed by atoms with Gasteiger partial charge in [0, 0.05) is 11.6 Å². The Morgan fingerprint density at radius 3 is 2.61 bits per heavy atom. The van der Waals surface area contributed by atoms with E-state index in [2.05, 4.69) is 20.4 Å². The number of hydrogen-bond donors (Lipinski definition) is 2. The van der Waals surface area contributed by atoms with E-state index in [9.17, 15) is 26.7 Å². The van der Waals surface area contributed by atoms with Crippen molar-refractivity contribution < 1.29 is 26.7 Å². The molecule has 0 atom stereocenters. The molecule has 0 aliphatic rings. The largest absolute Gasteiger partial charge is 0.416 e. The summed E-state index contributed by atoms with van der Waals surface area (Å²) in [6.07, 6.45) is -7.31. The predicted octanol–water partition coefficient (Wildman–Crippen LogP) is 5.27. The number of aryl methyl sites for hydroxylation is 1. The lowest BCUT2D eigenvalue weighted by Gasteiger charge is -2.12. The Bertz CT molecular complexity index is 1270. The monoisotopic (exact) mass is 435 g/mol. The normalized spacial score (nSPS) is 12.0. The van der Waals surface area contributed by atoms with Crippen molar-refractivity contribution in [1.82, 2.24) is 19.7 Å². The average Bonchev–Trinajstić information content (AvgIpc) is 3.30. The summed E-state index contributed by atoms with van der Waals surface area (Å²) in [5.74, 6) is -0.950. The van der Waals surface area contributed by atoms with Gasteiger partial charge in [0.05, 0.1) is 28.0 Å². The van der Waals surface area contributed by atoms with E-state index in [1.165, 1.54) is 41.1 Å². The summed E-state index contributed by atoms with van der Waals surface area (Å²) in [7, 11) is 0. The summed E-state index contributed by atoms with van der Waals surface area (Å²) in [4.78, 5) is 18.9. The molecule has 0 aliphatic heterocycles. The third-order valence-corrected chi connectivity index (χ3v) is 4.46. The maximum atomic E-state index is 13.0. The van der Waals surface area contributed by atoms with Crippen molar-refractivity contribution in [2.45, 2.75) is 19.5 Å². The van der Waals surface area contributed by atoms with E-state index in [1.807, 2.05) is 0 Å². The molecule has 0 unspecified atom stereocenters. The second-order valence-electron chi connectivity index (χ2n) is 6.74. The molecule has 0 aliphatic carbocycles. The van der Waals surface area contributed by atoms with Crippen LogP contribution in [0.25, 0.3) is 16.7 Å². The number of amides is 1. The van der Waals surface area contributed by atoms with Gasteiger partial charge in [0.25, 0.3) is 12.3 Å². The van der Waals surface area contributed by atoms with Gasteiger partial charge in [-0.1, -0.05) is 6.07 Å². The molecule has 0 bridgehead atoms. The van der Waals surface area contributed by atoms with Crippen molar-refractivity contribution >= 4 is 22.8 Å². The molecule has 11 heteroatoms. The van der Waals surface area contributed by atoms with E-state index in [-0.39, 0.29) is 28.1 Å². The number of aromatic amines is 1. The molecule has 0 spiro atoms. The van der Waals surface area contributed by atoms with Gasteiger partial charge in [0.15, 0.2) is 5.82 Å². The molecule has 0 fully saturated rings. The predicted molar refractivity (Wildman–Crippen MR) is 102 cm³/mol. The zero-order valence-corrected chi connectivity index (χ0v) is 15.8. The van der Waals surface area contributed by atoms with Crippen LogP contribution in [0.1, 0.15) is 33.9 Å². The first kappa shape index (κ1) is 20.5. The van der Waals surface area contributed by atoms with Crippen LogP contribution in [-0.2, 0) is 6.18 Å². The topological polar surface area (TPSA) is 75.6 Å². The van der Waals surface area contributed by atoms with Gasteiger partial charge in [-0.25, -0.2) is 18.4 Å². The number of hydrogen-bond acceptors (Lipinski definition) is 3. The summed E-state index contributed by atoms with van der Waals surface area (Å²) >= 11 is 0. The van der Waals surface area contributed by atoms with Crippen LogP contribution in [0.4, 0.5) is 27.8 Å². The van der Waals surface area contributed by atoms with Crippen LogP contribution in [0.3, 0.4) is 0 Å². The number of carbonyl (C=O) groups excluding carboxylic acids is 1. The molecule has 31 heavy (non-hydrogen) atoms. The fourth-order valence-corrected chi connectivity index (χ4v) is 3.06. The summed E-state index contributed by atoms with van der Waals surface area (Å²) in [5.41, 5.74) is 0.408. The number of H-pyrrole nitrogens is 1. The van der Waals surface area contributed by atoms with Gasteiger partial charge in [-0.15, -0.1) is 0 Å². The molecular formula is C20H14F5N5O. The van der Waals surface area contributed by atoms with Crippen LogP contribution >= 0.6 is 0 Å². The molecule has 6 nitrogen and oxygen atoms in total. The van der Waals surface area contributed by atoms with Crippen molar-refractivity contribution in [3.05, 3.63) is 71.2 Å². The van der Waals surface area contributed by atoms with Crippen molar-refractivity contribution in [2.24, 2.45) is 0 Å². The molecule has 0 saturated carbocycles. The molecule has 2 N–H and O–H groups in total. The van der Waals surface area contributed by atoms with Gasteiger partial charge in [0.2, 0.25) is 0 Å². The Kier molecular flexibility index (Phi) is 4.96. The Labute approximate surface area is 171 Å². The first-order chi connectivity index (χ1) is 14.6. The Morgan fingerprint density at radius 1 is 1.13 bits per heavy atom. The van der Waals surface area contributed by atoms with Crippen molar-refractivity contribution in [2.75, 3.05) is 5.32 Å². The summed E-state index contributed by atoms with van der Waals surface area (Å²) in [6.45, 7) is 1.63. The molecule has 4 rings (SSSR count). The average molecular weight is 435 g/mol. The van der Waals surface area contributed by atoms with Crippen LogP contribution in [0.2, 0.25) is 0 Å². The molecular weight excluding hydrogens is 421 g/mol. The molecule has 0 saturated heterocycles. The van der Waals surface area contributed by atoms with Gasteiger partial charge in [-0.05, 0) is 43.3 Å². The van der Waals surface area contributed by atoms with Crippen LogP contribution in [0.15, 0.2) is 48.5 Å². The quantitative estimate of drug-likeness (QED) is 0.429. The van der Waals surface area contributed by atoms with E-state index in [0.29, 0.717) is 5.69 Å². The lowest BCUT2D eigenvalue weighted by molar-refractivity contribution is -0.137. The highest BCUT2D eigenvalue weighted by atomic mass is 19.4. The Balaban J connectivity index is 1.65. The fraction of sp³-hybridized carbons (Fsp3) is 0.150. The number of aromatic nitrogens is 4. The van der Waals surface area contributed by atoms with Crippen molar-refractivity contribution in [1.29, 1.82) is 0 Å². The van der Waals surface area contributed by atoms with Crippen molar-refractivity contribution in [3.8, 4) is 5.69 Å². The minimum absolute atomic E-state index is 0.115. The summed E-state index contributed by atoms with van der Waals surface area (Å²) in [6, 6.07) is 10.2. The van der Waals surface area contributed by atoms with E-state index >= 15 is 0 Å². The molecule has 4 aromatic rings. The van der Waals surface area contributed by atoms with Crippen LogP contribution in [0, 0.1) is 6.92 Å². The minimum Gasteiger partial charge on any atom is -0.337 e. The standard InChI is InChI=1S/C20H14F5N5O/c1-10-7-16(30(29-10)13-4-2-3-12(9-13)20(23,24)25)28-19(31)11-5-6-14-15(8-11)27-18(26-14)17(21)22/h2-9,17H,1H3,(H,26,27)(H,28,31). The third-order valence-electron chi connectivity index (χ3n) is 4.46. The zero-order valence-electron chi connectivity index (χ0n) is 15.8.